The first-order valence-electron chi connectivity index (χ1n) is 8.93. The maximum atomic E-state index is 13.0. The van der Waals surface area contributed by atoms with Crippen LogP contribution in [0.25, 0.3) is 0 Å². The predicted molar refractivity (Wildman–Crippen MR) is 98.2 cm³/mol. The van der Waals surface area contributed by atoms with Crippen molar-refractivity contribution < 1.29 is 22.7 Å². The Hall–Kier alpha value is -2.07. The Bertz CT molecular complexity index is 819. The van der Waals surface area contributed by atoms with Crippen LogP contribution in [-0.4, -0.2) is 45.7 Å². The van der Waals surface area contributed by atoms with Crippen LogP contribution in [0.1, 0.15) is 34.6 Å². The zero-order valence-corrected chi connectivity index (χ0v) is 16.1. The van der Waals surface area contributed by atoms with Crippen molar-refractivity contribution in [2.45, 2.75) is 36.7 Å². The SMILES string of the molecule is Cn1c(CCNC(=O)c2ccccc2C(F)(F)F)nnc1SC[C@@H]1CCCO1. The molecule has 0 bridgehead atoms. The molecule has 1 amide bonds. The third-order valence-electron chi connectivity index (χ3n) is 4.46. The van der Waals surface area contributed by atoms with Gasteiger partial charge in [0.05, 0.1) is 17.2 Å². The molecule has 2 aromatic rings. The summed E-state index contributed by atoms with van der Waals surface area (Å²) in [6.07, 6.45) is -1.86. The number of thioether (sulfide) groups is 1. The van der Waals surface area contributed by atoms with E-state index in [1.54, 1.807) is 11.8 Å². The van der Waals surface area contributed by atoms with Gasteiger partial charge in [0.1, 0.15) is 5.82 Å². The van der Waals surface area contributed by atoms with Crippen LogP contribution in [0.4, 0.5) is 13.2 Å². The summed E-state index contributed by atoms with van der Waals surface area (Å²) in [5.41, 5.74) is -1.33. The molecule has 1 saturated heterocycles. The highest BCUT2D eigenvalue weighted by Gasteiger charge is 2.34. The summed E-state index contributed by atoms with van der Waals surface area (Å²) in [7, 11) is 1.83. The molecule has 0 unspecified atom stereocenters. The molecule has 1 N–H and O–H groups in total. The van der Waals surface area contributed by atoms with Gasteiger partial charge in [0.2, 0.25) is 0 Å². The lowest BCUT2D eigenvalue weighted by Crippen LogP contribution is -2.28. The molecule has 1 aliphatic rings. The fourth-order valence-corrected chi connectivity index (χ4v) is 3.94. The summed E-state index contributed by atoms with van der Waals surface area (Å²) < 4.78 is 46.5. The Morgan fingerprint density at radius 3 is 2.86 bits per heavy atom. The molecule has 6 nitrogen and oxygen atoms in total. The Kier molecular flexibility index (Phi) is 6.61. The molecule has 152 valence electrons. The minimum atomic E-state index is -4.58. The number of carbonyl (C=O) groups is 1. The highest BCUT2D eigenvalue weighted by molar-refractivity contribution is 7.99. The van der Waals surface area contributed by atoms with Crippen molar-refractivity contribution in [2.24, 2.45) is 7.05 Å². The van der Waals surface area contributed by atoms with Crippen molar-refractivity contribution in [3.63, 3.8) is 0 Å². The molecule has 0 radical (unpaired) electrons. The molecule has 0 aliphatic carbocycles. The molecule has 1 atom stereocenters. The molecule has 1 aromatic carbocycles. The number of hydrogen-bond acceptors (Lipinski definition) is 5. The Labute approximate surface area is 164 Å². The first-order valence-corrected chi connectivity index (χ1v) is 9.92. The van der Waals surface area contributed by atoms with Crippen LogP contribution in [0, 0.1) is 0 Å². The minimum Gasteiger partial charge on any atom is -0.377 e. The zero-order chi connectivity index (χ0) is 20.1. The van der Waals surface area contributed by atoms with Gasteiger partial charge in [0.15, 0.2) is 5.16 Å². The third kappa shape index (κ3) is 5.05. The summed E-state index contributed by atoms with van der Waals surface area (Å²) in [6.45, 7) is 0.958. The van der Waals surface area contributed by atoms with E-state index in [1.807, 2.05) is 11.6 Å². The fourth-order valence-electron chi connectivity index (χ4n) is 2.94. The van der Waals surface area contributed by atoms with Gasteiger partial charge >= 0.3 is 6.18 Å². The summed E-state index contributed by atoms with van der Waals surface area (Å²) in [6, 6.07) is 4.73. The molecule has 2 heterocycles. The van der Waals surface area contributed by atoms with Crippen LogP contribution in [0.3, 0.4) is 0 Å². The zero-order valence-electron chi connectivity index (χ0n) is 15.3. The second-order valence-electron chi connectivity index (χ2n) is 6.45. The van der Waals surface area contributed by atoms with Crippen LogP contribution in [0.2, 0.25) is 0 Å². The van der Waals surface area contributed by atoms with E-state index in [0.29, 0.717) is 12.2 Å². The van der Waals surface area contributed by atoms with Gasteiger partial charge in [0.25, 0.3) is 5.91 Å². The quantitative estimate of drug-likeness (QED) is 0.706. The molecule has 0 spiro atoms. The average molecular weight is 414 g/mol. The summed E-state index contributed by atoms with van der Waals surface area (Å²) in [4.78, 5) is 12.2. The van der Waals surface area contributed by atoms with Crippen LogP contribution < -0.4 is 5.32 Å². The second-order valence-corrected chi connectivity index (χ2v) is 7.44. The van der Waals surface area contributed by atoms with Crippen molar-refractivity contribution in [3.8, 4) is 0 Å². The number of aromatic nitrogens is 3. The molecule has 1 aromatic heterocycles. The normalized spacial score (nSPS) is 17.1. The third-order valence-corrected chi connectivity index (χ3v) is 5.61. The van der Waals surface area contributed by atoms with E-state index in [9.17, 15) is 18.0 Å². The fraction of sp³-hybridized carbons (Fsp3) is 0.500. The highest BCUT2D eigenvalue weighted by Crippen LogP contribution is 2.31. The lowest BCUT2D eigenvalue weighted by atomic mass is 10.1. The number of hydrogen-bond donors (Lipinski definition) is 1. The Morgan fingerprint density at radius 2 is 2.14 bits per heavy atom. The minimum absolute atomic E-state index is 0.160. The maximum Gasteiger partial charge on any atom is 0.417 e. The van der Waals surface area contributed by atoms with Crippen molar-refractivity contribution in [1.29, 1.82) is 0 Å². The summed E-state index contributed by atoms with van der Waals surface area (Å²) in [5, 5.41) is 11.5. The van der Waals surface area contributed by atoms with E-state index in [-0.39, 0.29) is 18.2 Å². The number of amides is 1. The second kappa shape index (κ2) is 8.95. The van der Waals surface area contributed by atoms with Crippen LogP contribution in [0.15, 0.2) is 29.4 Å². The monoisotopic (exact) mass is 414 g/mol. The molecular formula is C18H21F3N4O2S. The first kappa shape index (κ1) is 20.7. The number of rotatable bonds is 7. The van der Waals surface area contributed by atoms with E-state index < -0.39 is 17.6 Å². The van der Waals surface area contributed by atoms with Crippen LogP contribution >= 0.6 is 11.8 Å². The van der Waals surface area contributed by atoms with Crippen molar-refractivity contribution >= 4 is 17.7 Å². The van der Waals surface area contributed by atoms with E-state index in [1.165, 1.54) is 18.2 Å². The number of ether oxygens (including phenoxy) is 1. The van der Waals surface area contributed by atoms with Crippen molar-refractivity contribution in [2.75, 3.05) is 18.9 Å². The van der Waals surface area contributed by atoms with E-state index in [2.05, 4.69) is 15.5 Å². The van der Waals surface area contributed by atoms with Crippen LogP contribution in [0.5, 0.6) is 0 Å². The van der Waals surface area contributed by atoms with Gasteiger partial charge < -0.3 is 14.6 Å². The molecule has 0 saturated carbocycles. The molecule has 1 fully saturated rings. The number of carbonyl (C=O) groups excluding carboxylic acids is 1. The number of nitrogens with one attached hydrogen (secondary N) is 1. The molecule has 28 heavy (non-hydrogen) atoms. The molecule has 10 heteroatoms. The maximum absolute atomic E-state index is 13.0. The largest absolute Gasteiger partial charge is 0.417 e. The van der Waals surface area contributed by atoms with Gasteiger partial charge in [-0.05, 0) is 25.0 Å². The van der Waals surface area contributed by atoms with Crippen molar-refractivity contribution in [1.82, 2.24) is 20.1 Å². The number of nitrogens with zero attached hydrogens (tertiary/aromatic N) is 3. The molecule has 3 rings (SSSR count). The van der Waals surface area contributed by atoms with Gasteiger partial charge in [-0.25, -0.2) is 0 Å². The predicted octanol–water partition coefficient (Wildman–Crippen LogP) is 3.08. The van der Waals surface area contributed by atoms with E-state index in [0.717, 1.165) is 36.4 Å². The lowest BCUT2D eigenvalue weighted by Gasteiger charge is -2.12. The number of benzene rings is 1. The smallest absolute Gasteiger partial charge is 0.377 e. The number of halogens is 3. The average Bonchev–Trinajstić information content (AvgIpc) is 3.30. The van der Waals surface area contributed by atoms with Crippen molar-refractivity contribution in [3.05, 3.63) is 41.2 Å². The van der Waals surface area contributed by atoms with Gasteiger partial charge in [-0.1, -0.05) is 23.9 Å². The van der Waals surface area contributed by atoms with E-state index in [4.69, 9.17) is 4.74 Å². The lowest BCUT2D eigenvalue weighted by molar-refractivity contribution is -0.137. The van der Waals surface area contributed by atoms with Gasteiger partial charge in [-0.3, -0.25) is 4.79 Å². The Balaban J connectivity index is 1.53. The standard InChI is InChI=1S/C18H21F3N4O2S/c1-25-15(23-24-17(25)28-11-12-5-4-10-27-12)8-9-22-16(26)13-6-2-3-7-14(13)18(19,20)21/h2-3,6-7,12H,4-5,8-11H2,1H3,(H,22,26)/t12-/m0/s1. The first-order chi connectivity index (χ1) is 13.4. The summed E-state index contributed by atoms with van der Waals surface area (Å²) >= 11 is 1.56. The highest BCUT2D eigenvalue weighted by atomic mass is 32.2. The van der Waals surface area contributed by atoms with Crippen LogP contribution in [-0.2, 0) is 24.4 Å². The topological polar surface area (TPSA) is 69.0 Å². The molecule has 1 aliphatic heterocycles. The Morgan fingerprint density at radius 1 is 1.36 bits per heavy atom. The van der Waals surface area contributed by atoms with Gasteiger partial charge in [0, 0.05) is 32.4 Å². The van der Waals surface area contributed by atoms with E-state index >= 15 is 0 Å². The molecular weight excluding hydrogens is 393 g/mol. The summed E-state index contributed by atoms with van der Waals surface area (Å²) in [5.74, 6) is 0.694. The number of alkyl halides is 3. The van der Waals surface area contributed by atoms with Gasteiger partial charge in [-0.15, -0.1) is 10.2 Å². The van der Waals surface area contributed by atoms with Gasteiger partial charge in [-0.2, -0.15) is 13.2 Å².